The van der Waals surface area contributed by atoms with Crippen molar-refractivity contribution in [2.45, 2.75) is 53.4 Å². The Kier molecular flexibility index (Phi) is 8.27. The molecule has 2 aromatic carbocycles. The molecule has 28 heavy (non-hydrogen) atoms. The van der Waals surface area contributed by atoms with Gasteiger partial charge in [-0.05, 0) is 0 Å². The third kappa shape index (κ3) is 4.09. The molecule has 0 amide bonds. The fraction of sp³-hybridized carbons (Fsp3) is 0.320. The SMILES string of the molecule is CCC1=CCC(c2ccc3c([c]2[Zr]=[C](C)C)Cc2ccccc2-3)=C1CC.Cl.Cl. The van der Waals surface area contributed by atoms with E-state index >= 15 is 0 Å². The van der Waals surface area contributed by atoms with E-state index in [9.17, 15) is 0 Å². The van der Waals surface area contributed by atoms with E-state index in [1.165, 1.54) is 16.7 Å². The zero-order valence-electron chi connectivity index (χ0n) is 17.2. The molecule has 2 aromatic rings. The number of halogens is 2. The van der Waals surface area contributed by atoms with Crippen molar-refractivity contribution < 1.29 is 22.8 Å². The van der Waals surface area contributed by atoms with E-state index in [4.69, 9.17) is 0 Å². The van der Waals surface area contributed by atoms with Crippen LogP contribution in [0.25, 0.3) is 16.7 Å². The van der Waals surface area contributed by atoms with Gasteiger partial charge in [-0.1, -0.05) is 0 Å². The molecule has 3 heteroatoms. The van der Waals surface area contributed by atoms with Crippen LogP contribution in [0.15, 0.2) is 53.6 Å². The molecule has 0 bridgehead atoms. The molecule has 0 nitrogen and oxygen atoms in total. The first kappa shape index (κ1) is 23.5. The molecule has 0 spiro atoms. The van der Waals surface area contributed by atoms with E-state index in [0.717, 1.165) is 25.7 Å². The van der Waals surface area contributed by atoms with Crippen LogP contribution in [-0.2, 0) is 29.2 Å². The predicted molar refractivity (Wildman–Crippen MR) is 125 cm³/mol. The second-order valence-corrected chi connectivity index (χ2v) is 11.9. The largest absolute Gasteiger partial charge is 0.147 e. The van der Waals surface area contributed by atoms with Crippen molar-refractivity contribution in [3.63, 3.8) is 0 Å². The minimum Gasteiger partial charge on any atom is -0.147 e. The topological polar surface area (TPSA) is 0 Å². The van der Waals surface area contributed by atoms with Crippen LogP contribution in [-0.4, -0.2) is 3.21 Å². The van der Waals surface area contributed by atoms with Gasteiger partial charge in [0.25, 0.3) is 0 Å². The Morgan fingerprint density at radius 2 is 1.61 bits per heavy atom. The number of hydrogen-bond acceptors (Lipinski definition) is 0. The Balaban J connectivity index is 0.00000140. The summed E-state index contributed by atoms with van der Waals surface area (Å²) in [4.78, 5) is 0. The van der Waals surface area contributed by atoms with Gasteiger partial charge < -0.3 is 0 Å². The zero-order valence-corrected chi connectivity index (χ0v) is 21.3. The maximum absolute atomic E-state index is 2.48. The van der Waals surface area contributed by atoms with Crippen molar-refractivity contribution in [1.82, 2.24) is 0 Å². The Bertz CT molecular complexity index is 976. The Morgan fingerprint density at radius 1 is 0.893 bits per heavy atom. The fourth-order valence-electron chi connectivity index (χ4n) is 4.59. The van der Waals surface area contributed by atoms with E-state index in [0.29, 0.717) is 0 Å². The van der Waals surface area contributed by atoms with E-state index in [2.05, 4.69) is 70.2 Å². The van der Waals surface area contributed by atoms with Crippen LogP contribution < -0.4 is 3.27 Å². The van der Waals surface area contributed by atoms with E-state index in [1.807, 2.05) is 0 Å². The second-order valence-electron chi connectivity index (χ2n) is 7.57. The molecule has 0 unspecified atom stereocenters. The van der Waals surface area contributed by atoms with Crippen LogP contribution in [0.4, 0.5) is 0 Å². The third-order valence-corrected chi connectivity index (χ3v) is 8.97. The summed E-state index contributed by atoms with van der Waals surface area (Å²) in [5, 5.41) is 0. The van der Waals surface area contributed by atoms with E-state index in [1.54, 1.807) is 34.3 Å². The van der Waals surface area contributed by atoms with Gasteiger partial charge in [0.1, 0.15) is 0 Å². The first-order valence-corrected chi connectivity index (χ1v) is 12.3. The summed E-state index contributed by atoms with van der Waals surface area (Å²) in [6.07, 6.45) is 7.06. The van der Waals surface area contributed by atoms with Crippen LogP contribution in [0.3, 0.4) is 0 Å². The molecular formula is C25H29Cl2Zr. The molecule has 147 valence electrons. The van der Waals surface area contributed by atoms with Gasteiger partial charge in [-0.15, -0.1) is 24.8 Å². The molecule has 0 saturated carbocycles. The van der Waals surface area contributed by atoms with Crippen molar-refractivity contribution in [1.29, 1.82) is 0 Å². The smallest absolute Gasteiger partial charge is 0.147 e. The van der Waals surface area contributed by atoms with Gasteiger partial charge in [-0.3, -0.25) is 0 Å². The fourth-order valence-corrected chi connectivity index (χ4v) is 7.65. The van der Waals surface area contributed by atoms with Gasteiger partial charge >= 0.3 is 170 Å². The molecule has 0 fully saturated rings. The predicted octanol–water partition coefficient (Wildman–Crippen LogP) is 6.93. The normalized spacial score (nSPS) is 13.8. The van der Waals surface area contributed by atoms with Crippen molar-refractivity contribution >= 4 is 36.9 Å². The summed E-state index contributed by atoms with van der Waals surface area (Å²) in [7, 11) is 0. The average Bonchev–Trinajstić information content (AvgIpc) is 3.22. The maximum atomic E-state index is 2.48. The molecule has 0 atom stereocenters. The molecule has 0 aromatic heterocycles. The summed E-state index contributed by atoms with van der Waals surface area (Å²) in [6.45, 7) is 9.31. The summed E-state index contributed by atoms with van der Waals surface area (Å²) in [5.41, 5.74) is 12.5. The molecular weight excluding hydrogens is 462 g/mol. The standard InChI is InChI=1S/C22H21.C3H6.2ClH.Zr/c1-3-15-9-11-21(19(15)4-2)17-10-12-22-18(14-17)13-16-7-5-6-8-20(16)22;1-3-2;;;/h5-10,12H,3-4,11,13H2,1-2H3;1-2H3;2*1H;. The van der Waals surface area contributed by atoms with Crippen LogP contribution in [0.1, 0.15) is 63.6 Å². The molecule has 4 rings (SSSR count). The van der Waals surface area contributed by atoms with Crippen molar-refractivity contribution in [3.8, 4) is 11.1 Å². The molecule has 2 aliphatic rings. The third-order valence-electron chi connectivity index (χ3n) is 5.73. The molecule has 0 N–H and O–H groups in total. The number of benzene rings is 2. The maximum Gasteiger partial charge on any atom is -0.147 e. The number of fused-ring (bicyclic) bond motifs is 3. The summed E-state index contributed by atoms with van der Waals surface area (Å²) in [6, 6.07) is 13.9. The molecule has 0 heterocycles. The number of rotatable bonds is 4. The first-order chi connectivity index (χ1) is 12.6. The Morgan fingerprint density at radius 3 is 2.29 bits per heavy atom. The van der Waals surface area contributed by atoms with Gasteiger partial charge in [0.05, 0.1) is 0 Å². The van der Waals surface area contributed by atoms with E-state index < -0.39 is 22.8 Å². The molecule has 2 aliphatic carbocycles. The first-order valence-electron chi connectivity index (χ1n) is 9.87. The van der Waals surface area contributed by atoms with Crippen LogP contribution in [0.5, 0.6) is 0 Å². The van der Waals surface area contributed by atoms with Gasteiger partial charge in [0, 0.05) is 0 Å². The van der Waals surface area contributed by atoms with Crippen LogP contribution in [0.2, 0.25) is 0 Å². The van der Waals surface area contributed by atoms with Crippen molar-refractivity contribution in [3.05, 3.63) is 70.3 Å². The monoisotopic (exact) mass is 489 g/mol. The van der Waals surface area contributed by atoms with Crippen molar-refractivity contribution in [2.75, 3.05) is 0 Å². The Hall–Kier alpha value is -0.747. The van der Waals surface area contributed by atoms with Crippen molar-refractivity contribution in [2.24, 2.45) is 0 Å². The molecule has 0 saturated heterocycles. The summed E-state index contributed by atoms with van der Waals surface area (Å²) >= 11 is -0.697. The molecule has 0 radical (unpaired) electrons. The second kappa shape index (κ2) is 9.84. The van der Waals surface area contributed by atoms with Gasteiger partial charge in [-0.2, -0.15) is 0 Å². The zero-order chi connectivity index (χ0) is 18.3. The molecule has 0 aliphatic heterocycles. The average molecular weight is 492 g/mol. The minimum absolute atomic E-state index is 0. The minimum atomic E-state index is -0.697. The Labute approximate surface area is 193 Å². The summed E-state index contributed by atoms with van der Waals surface area (Å²) < 4.78 is 3.41. The summed E-state index contributed by atoms with van der Waals surface area (Å²) in [5.74, 6) is 0. The quantitative estimate of drug-likeness (QED) is 0.371. The number of allylic oxidation sites excluding steroid dienone is 4. The van der Waals surface area contributed by atoms with Crippen LogP contribution >= 0.6 is 24.8 Å². The number of hydrogen-bond donors (Lipinski definition) is 0. The van der Waals surface area contributed by atoms with Gasteiger partial charge in [0.15, 0.2) is 0 Å². The van der Waals surface area contributed by atoms with Crippen LogP contribution in [0, 0.1) is 0 Å². The van der Waals surface area contributed by atoms with Gasteiger partial charge in [-0.25, -0.2) is 0 Å². The van der Waals surface area contributed by atoms with E-state index in [-0.39, 0.29) is 24.8 Å². The van der Waals surface area contributed by atoms with Gasteiger partial charge in [0.2, 0.25) is 0 Å².